The topological polar surface area (TPSA) is 71.5 Å². The Labute approximate surface area is 154 Å². The third-order valence-electron chi connectivity index (χ3n) is 3.80. The second kappa shape index (κ2) is 7.86. The number of aryl methyl sites for hydroxylation is 1. The molecule has 0 spiro atoms. The summed E-state index contributed by atoms with van der Waals surface area (Å²) < 4.78 is 50.0. The molecule has 8 heteroatoms. The van der Waals surface area contributed by atoms with E-state index in [0.29, 0.717) is 13.0 Å². The van der Waals surface area contributed by atoms with Gasteiger partial charge in [0.1, 0.15) is 4.90 Å². The fraction of sp³-hybridized carbons (Fsp3) is 0.294. The molecule has 0 fully saturated rings. The van der Waals surface area contributed by atoms with E-state index in [1.165, 1.54) is 23.5 Å². The van der Waals surface area contributed by atoms with Crippen molar-refractivity contribution in [1.82, 2.24) is 4.31 Å². The Morgan fingerprint density at radius 3 is 2.24 bits per heavy atom. The highest BCUT2D eigenvalue weighted by Gasteiger charge is 2.25. The lowest BCUT2D eigenvalue weighted by Gasteiger charge is -2.18. The van der Waals surface area contributed by atoms with Crippen molar-refractivity contribution in [2.75, 3.05) is 19.8 Å². The van der Waals surface area contributed by atoms with E-state index in [4.69, 9.17) is 11.6 Å². The number of hydrogen-bond acceptors (Lipinski definition) is 4. The number of benzene rings is 2. The van der Waals surface area contributed by atoms with E-state index in [1.54, 1.807) is 0 Å². The molecule has 2 aromatic rings. The van der Waals surface area contributed by atoms with Crippen molar-refractivity contribution in [2.24, 2.45) is 0 Å². The Morgan fingerprint density at radius 2 is 1.64 bits per heavy atom. The Kier molecular flexibility index (Phi) is 6.26. The quantitative estimate of drug-likeness (QED) is 0.715. The highest BCUT2D eigenvalue weighted by Crippen LogP contribution is 2.27. The minimum absolute atomic E-state index is 0.00214. The van der Waals surface area contributed by atoms with Gasteiger partial charge in [-0.25, -0.2) is 21.1 Å². The van der Waals surface area contributed by atoms with E-state index in [9.17, 15) is 16.8 Å². The molecule has 136 valence electrons. The van der Waals surface area contributed by atoms with E-state index in [2.05, 4.69) is 0 Å². The number of sulfonamides is 1. The van der Waals surface area contributed by atoms with E-state index in [0.717, 1.165) is 24.3 Å². The molecule has 0 aromatic heterocycles. The van der Waals surface area contributed by atoms with E-state index in [-0.39, 0.29) is 14.8 Å². The molecular weight excluding hydrogens is 382 g/mol. The van der Waals surface area contributed by atoms with Gasteiger partial charge < -0.3 is 0 Å². The van der Waals surface area contributed by atoms with Crippen LogP contribution in [0.3, 0.4) is 0 Å². The first-order valence-corrected chi connectivity index (χ1v) is 11.3. The van der Waals surface area contributed by atoms with Crippen molar-refractivity contribution in [2.45, 2.75) is 22.6 Å². The number of hydrogen-bond donors (Lipinski definition) is 0. The molecule has 0 heterocycles. The van der Waals surface area contributed by atoms with Crippen LogP contribution in [0, 0.1) is 0 Å². The summed E-state index contributed by atoms with van der Waals surface area (Å²) in [4.78, 5) is -0.271. The lowest BCUT2D eigenvalue weighted by Crippen LogP contribution is -2.28. The molecule has 0 amide bonds. The van der Waals surface area contributed by atoms with Crippen molar-refractivity contribution in [3.63, 3.8) is 0 Å². The fourth-order valence-electron chi connectivity index (χ4n) is 2.35. The van der Waals surface area contributed by atoms with Gasteiger partial charge in [-0.2, -0.15) is 0 Å². The van der Waals surface area contributed by atoms with Gasteiger partial charge in [-0.15, -0.1) is 0 Å². The summed E-state index contributed by atoms with van der Waals surface area (Å²) in [5, 5.41) is 0.00214. The maximum absolute atomic E-state index is 12.7. The molecule has 0 aliphatic heterocycles. The van der Waals surface area contributed by atoms with E-state index in [1.807, 2.05) is 30.3 Å². The predicted octanol–water partition coefficient (Wildman–Crippen LogP) is 3.00. The summed E-state index contributed by atoms with van der Waals surface area (Å²) in [5.41, 5.74) is 1.13. The summed E-state index contributed by atoms with van der Waals surface area (Å²) >= 11 is 6.00. The van der Waals surface area contributed by atoms with Crippen LogP contribution in [0.2, 0.25) is 5.02 Å². The molecule has 0 atom stereocenters. The first-order chi connectivity index (χ1) is 11.6. The van der Waals surface area contributed by atoms with Crippen LogP contribution < -0.4 is 0 Å². The summed E-state index contributed by atoms with van der Waals surface area (Å²) in [5.74, 6) is 0. The van der Waals surface area contributed by atoms with Gasteiger partial charge in [-0.3, -0.25) is 0 Å². The van der Waals surface area contributed by atoms with Gasteiger partial charge in [0.05, 0.1) is 9.92 Å². The van der Waals surface area contributed by atoms with Gasteiger partial charge in [0, 0.05) is 19.8 Å². The number of nitrogens with zero attached hydrogens (tertiary/aromatic N) is 1. The molecule has 2 aromatic carbocycles. The van der Waals surface area contributed by atoms with Crippen molar-refractivity contribution in [3.05, 3.63) is 59.1 Å². The molecule has 5 nitrogen and oxygen atoms in total. The average Bonchev–Trinajstić information content (AvgIpc) is 2.54. The van der Waals surface area contributed by atoms with Crippen LogP contribution in [-0.4, -0.2) is 41.0 Å². The van der Waals surface area contributed by atoms with Gasteiger partial charge in [0.15, 0.2) is 9.84 Å². The minimum Gasteiger partial charge on any atom is -0.224 e. The van der Waals surface area contributed by atoms with Gasteiger partial charge in [-0.1, -0.05) is 41.9 Å². The summed E-state index contributed by atoms with van der Waals surface area (Å²) in [6, 6.07) is 13.5. The maximum Gasteiger partial charge on any atom is 0.244 e. The van der Waals surface area contributed by atoms with Crippen LogP contribution in [0.1, 0.15) is 12.0 Å². The molecule has 0 aliphatic carbocycles. The average molecular weight is 402 g/mol. The smallest absolute Gasteiger partial charge is 0.224 e. The van der Waals surface area contributed by atoms with Crippen molar-refractivity contribution in [1.29, 1.82) is 0 Å². The van der Waals surface area contributed by atoms with Gasteiger partial charge in [-0.05, 0) is 36.6 Å². The maximum atomic E-state index is 12.7. The number of sulfone groups is 1. The van der Waals surface area contributed by atoms with Crippen LogP contribution in [0.15, 0.2) is 58.3 Å². The minimum atomic E-state index is -3.87. The highest BCUT2D eigenvalue weighted by atomic mass is 35.5. The predicted molar refractivity (Wildman–Crippen MR) is 99.1 cm³/mol. The van der Waals surface area contributed by atoms with Gasteiger partial charge in [0.2, 0.25) is 10.0 Å². The molecule has 0 radical (unpaired) electrons. The number of halogens is 1. The Hall–Kier alpha value is -1.41. The lowest BCUT2D eigenvalue weighted by molar-refractivity contribution is 0.461. The lowest BCUT2D eigenvalue weighted by atomic mass is 10.1. The SMILES string of the molecule is CN(CCCc1ccccc1)S(=O)(=O)c1cc(S(C)(=O)=O)ccc1Cl. The van der Waals surface area contributed by atoms with Crippen LogP contribution in [0.25, 0.3) is 0 Å². The van der Waals surface area contributed by atoms with E-state index < -0.39 is 19.9 Å². The van der Waals surface area contributed by atoms with Crippen molar-refractivity contribution >= 4 is 31.5 Å². The Morgan fingerprint density at radius 1 is 1.00 bits per heavy atom. The second-order valence-corrected chi connectivity index (χ2v) is 10.2. The standard InChI is InChI=1S/C17H20ClNO4S2/c1-19(12-6-9-14-7-4-3-5-8-14)25(22,23)17-13-15(24(2,20)21)10-11-16(17)18/h3-5,7-8,10-11,13H,6,9,12H2,1-2H3. The van der Waals surface area contributed by atoms with E-state index >= 15 is 0 Å². The van der Waals surface area contributed by atoms with Crippen LogP contribution in [-0.2, 0) is 26.3 Å². The summed E-state index contributed by atoms with van der Waals surface area (Å²) in [7, 11) is -5.93. The van der Waals surface area contributed by atoms with Crippen LogP contribution in [0.4, 0.5) is 0 Å². The molecule has 0 N–H and O–H groups in total. The Balaban J connectivity index is 2.17. The normalized spacial score (nSPS) is 12.5. The highest BCUT2D eigenvalue weighted by molar-refractivity contribution is 7.91. The molecule has 0 unspecified atom stereocenters. The summed E-state index contributed by atoms with van der Waals surface area (Å²) in [6.45, 7) is 0.302. The largest absolute Gasteiger partial charge is 0.244 e. The van der Waals surface area contributed by atoms with Crippen molar-refractivity contribution in [3.8, 4) is 0 Å². The summed E-state index contributed by atoms with van der Waals surface area (Å²) in [6.07, 6.45) is 2.41. The zero-order valence-electron chi connectivity index (χ0n) is 14.0. The molecule has 25 heavy (non-hydrogen) atoms. The molecule has 0 saturated heterocycles. The molecule has 0 saturated carbocycles. The van der Waals surface area contributed by atoms with Crippen LogP contribution in [0.5, 0.6) is 0 Å². The molecule has 2 rings (SSSR count). The van der Waals surface area contributed by atoms with Crippen LogP contribution >= 0.6 is 11.6 Å². The van der Waals surface area contributed by atoms with Gasteiger partial charge in [0.25, 0.3) is 0 Å². The second-order valence-electron chi connectivity index (χ2n) is 5.78. The van der Waals surface area contributed by atoms with Crippen molar-refractivity contribution < 1.29 is 16.8 Å². The fourth-order valence-corrected chi connectivity index (χ4v) is 4.78. The number of rotatable bonds is 7. The zero-order chi connectivity index (χ0) is 18.7. The molecular formula is C17H20ClNO4S2. The first-order valence-electron chi connectivity index (χ1n) is 7.62. The first kappa shape index (κ1) is 19.9. The molecule has 0 bridgehead atoms. The Bertz CT molecular complexity index is 942. The third-order valence-corrected chi connectivity index (χ3v) is 7.25. The van der Waals surface area contributed by atoms with Gasteiger partial charge >= 0.3 is 0 Å². The third kappa shape index (κ3) is 5.04. The monoisotopic (exact) mass is 401 g/mol. The zero-order valence-corrected chi connectivity index (χ0v) is 16.4. The molecule has 0 aliphatic rings.